The quantitative estimate of drug-likeness (QED) is 0.732. The molecular weight excluding hydrogens is 244 g/mol. The van der Waals surface area contributed by atoms with Gasteiger partial charge in [0, 0.05) is 5.41 Å². The molecule has 1 aliphatic rings. The zero-order valence-electron chi connectivity index (χ0n) is 12.1. The SMILES string of the molecule is CC1(C)C=CC(c2ccccc2)(c2ccccc2)C1.O. The Morgan fingerprint density at radius 1 is 0.700 bits per heavy atom. The van der Waals surface area contributed by atoms with Crippen LogP contribution in [0.1, 0.15) is 31.4 Å². The maximum Gasteiger partial charge on any atom is 0.0390 e. The van der Waals surface area contributed by atoms with Gasteiger partial charge >= 0.3 is 0 Å². The first-order valence-electron chi connectivity index (χ1n) is 6.94. The van der Waals surface area contributed by atoms with E-state index in [1.54, 1.807) is 0 Å². The van der Waals surface area contributed by atoms with E-state index < -0.39 is 0 Å². The van der Waals surface area contributed by atoms with E-state index in [4.69, 9.17) is 0 Å². The summed E-state index contributed by atoms with van der Waals surface area (Å²) in [6.45, 7) is 4.63. The average Bonchev–Trinajstić information content (AvgIpc) is 2.78. The Kier molecular flexibility index (Phi) is 3.82. The molecule has 2 aromatic rings. The van der Waals surface area contributed by atoms with Crippen LogP contribution in [0.4, 0.5) is 0 Å². The molecule has 0 saturated heterocycles. The first-order chi connectivity index (χ1) is 9.12. The molecule has 3 rings (SSSR count). The van der Waals surface area contributed by atoms with E-state index in [0.717, 1.165) is 6.42 Å². The molecule has 0 radical (unpaired) electrons. The normalized spacial score (nSPS) is 18.5. The highest BCUT2D eigenvalue weighted by Gasteiger charge is 2.40. The predicted octanol–water partition coefficient (Wildman–Crippen LogP) is 4.13. The Morgan fingerprint density at radius 3 is 1.50 bits per heavy atom. The van der Waals surface area contributed by atoms with Crippen molar-refractivity contribution in [3.05, 3.63) is 83.9 Å². The molecule has 0 unspecified atom stereocenters. The van der Waals surface area contributed by atoms with Gasteiger partial charge in [-0.2, -0.15) is 0 Å². The van der Waals surface area contributed by atoms with Crippen LogP contribution >= 0.6 is 0 Å². The zero-order chi connectivity index (χ0) is 13.3. The fourth-order valence-electron chi connectivity index (χ4n) is 3.24. The summed E-state index contributed by atoms with van der Waals surface area (Å²) in [5.74, 6) is 0. The van der Waals surface area contributed by atoms with Crippen LogP contribution in [0.5, 0.6) is 0 Å². The molecule has 104 valence electrons. The van der Waals surface area contributed by atoms with Crippen LogP contribution in [-0.4, -0.2) is 5.48 Å². The van der Waals surface area contributed by atoms with E-state index >= 15 is 0 Å². The van der Waals surface area contributed by atoms with Gasteiger partial charge in [-0.15, -0.1) is 0 Å². The fraction of sp³-hybridized carbons (Fsp3) is 0.263. The minimum absolute atomic E-state index is 0. The van der Waals surface area contributed by atoms with Gasteiger partial charge in [0.1, 0.15) is 0 Å². The Bertz CT molecular complexity index is 542. The number of hydrogen-bond donors (Lipinski definition) is 0. The molecule has 0 amide bonds. The van der Waals surface area contributed by atoms with Gasteiger partial charge in [0.25, 0.3) is 0 Å². The largest absolute Gasteiger partial charge is 0.412 e. The maximum absolute atomic E-state index is 2.40. The van der Waals surface area contributed by atoms with Crippen LogP contribution in [0.15, 0.2) is 72.8 Å². The van der Waals surface area contributed by atoms with Crippen LogP contribution in [-0.2, 0) is 5.41 Å². The lowest BCUT2D eigenvalue weighted by Crippen LogP contribution is -2.26. The summed E-state index contributed by atoms with van der Waals surface area (Å²) in [5.41, 5.74) is 3.07. The summed E-state index contributed by atoms with van der Waals surface area (Å²) in [6.07, 6.45) is 5.90. The number of rotatable bonds is 2. The number of allylic oxidation sites excluding steroid dienone is 2. The molecule has 2 N–H and O–H groups in total. The average molecular weight is 266 g/mol. The van der Waals surface area contributed by atoms with Crippen LogP contribution in [0.2, 0.25) is 0 Å². The summed E-state index contributed by atoms with van der Waals surface area (Å²) < 4.78 is 0. The molecule has 20 heavy (non-hydrogen) atoms. The first kappa shape index (κ1) is 14.5. The summed E-state index contributed by atoms with van der Waals surface area (Å²) in [6, 6.07) is 21.7. The monoisotopic (exact) mass is 266 g/mol. The molecular formula is C19H22O. The van der Waals surface area contributed by atoms with Gasteiger partial charge in [0.05, 0.1) is 0 Å². The van der Waals surface area contributed by atoms with Crippen LogP contribution < -0.4 is 0 Å². The van der Waals surface area contributed by atoms with E-state index in [2.05, 4.69) is 86.7 Å². The molecule has 0 spiro atoms. The second-order valence-corrected chi connectivity index (χ2v) is 6.20. The van der Waals surface area contributed by atoms with Gasteiger partial charge in [-0.1, -0.05) is 86.7 Å². The van der Waals surface area contributed by atoms with Crippen molar-refractivity contribution in [3.8, 4) is 0 Å². The maximum atomic E-state index is 2.40. The fourth-order valence-corrected chi connectivity index (χ4v) is 3.24. The number of benzene rings is 2. The summed E-state index contributed by atoms with van der Waals surface area (Å²) in [5, 5.41) is 0. The van der Waals surface area contributed by atoms with Crippen LogP contribution in [0.25, 0.3) is 0 Å². The lowest BCUT2D eigenvalue weighted by Gasteiger charge is -2.32. The predicted molar refractivity (Wildman–Crippen MR) is 84.8 cm³/mol. The highest BCUT2D eigenvalue weighted by atomic mass is 16.0. The first-order valence-corrected chi connectivity index (χ1v) is 6.94. The molecule has 0 saturated carbocycles. The molecule has 0 aromatic heterocycles. The lowest BCUT2D eigenvalue weighted by atomic mass is 9.71. The van der Waals surface area contributed by atoms with E-state index in [1.165, 1.54) is 11.1 Å². The van der Waals surface area contributed by atoms with Gasteiger partial charge in [-0.05, 0) is 23.0 Å². The third-order valence-corrected chi connectivity index (χ3v) is 4.13. The van der Waals surface area contributed by atoms with Gasteiger partial charge in [0.15, 0.2) is 0 Å². The zero-order valence-corrected chi connectivity index (χ0v) is 12.1. The van der Waals surface area contributed by atoms with Crippen molar-refractivity contribution in [1.29, 1.82) is 0 Å². The lowest BCUT2D eigenvalue weighted by molar-refractivity contribution is 0.402. The summed E-state index contributed by atoms with van der Waals surface area (Å²) >= 11 is 0. The van der Waals surface area contributed by atoms with Crippen molar-refractivity contribution in [2.24, 2.45) is 5.41 Å². The third kappa shape index (κ3) is 2.41. The highest BCUT2D eigenvalue weighted by molar-refractivity contribution is 5.47. The van der Waals surface area contributed by atoms with Crippen LogP contribution in [0.3, 0.4) is 0 Å². The Hall–Kier alpha value is -1.86. The molecule has 0 atom stereocenters. The minimum Gasteiger partial charge on any atom is -0.412 e. The van der Waals surface area contributed by atoms with E-state index in [9.17, 15) is 0 Å². The van der Waals surface area contributed by atoms with E-state index in [1.807, 2.05) is 0 Å². The minimum atomic E-state index is 0. The van der Waals surface area contributed by atoms with Gasteiger partial charge in [0.2, 0.25) is 0 Å². The van der Waals surface area contributed by atoms with Crippen molar-refractivity contribution in [2.45, 2.75) is 25.7 Å². The number of hydrogen-bond acceptors (Lipinski definition) is 0. The van der Waals surface area contributed by atoms with Gasteiger partial charge in [-0.3, -0.25) is 0 Å². The standard InChI is InChI=1S/C19H20.H2O/c1-18(2)13-14-19(15-18,16-9-5-3-6-10-16)17-11-7-4-8-12-17;/h3-14H,15H2,1-2H3;1H2. The summed E-state index contributed by atoms with van der Waals surface area (Å²) in [4.78, 5) is 0. The van der Waals surface area contributed by atoms with Crippen molar-refractivity contribution in [3.63, 3.8) is 0 Å². The van der Waals surface area contributed by atoms with E-state index in [-0.39, 0.29) is 16.3 Å². The van der Waals surface area contributed by atoms with Crippen molar-refractivity contribution >= 4 is 0 Å². The Labute approximate surface area is 121 Å². The molecule has 1 heteroatoms. The van der Waals surface area contributed by atoms with Crippen molar-refractivity contribution in [1.82, 2.24) is 0 Å². The molecule has 1 aliphatic carbocycles. The Balaban J connectivity index is 0.00000147. The van der Waals surface area contributed by atoms with Gasteiger partial charge in [-0.25, -0.2) is 0 Å². The molecule has 0 bridgehead atoms. The molecule has 0 aliphatic heterocycles. The third-order valence-electron chi connectivity index (χ3n) is 4.13. The molecule has 1 nitrogen and oxygen atoms in total. The van der Waals surface area contributed by atoms with Gasteiger partial charge < -0.3 is 5.48 Å². The molecule has 2 aromatic carbocycles. The van der Waals surface area contributed by atoms with Crippen molar-refractivity contribution in [2.75, 3.05) is 0 Å². The highest BCUT2D eigenvalue weighted by Crippen LogP contribution is 2.49. The van der Waals surface area contributed by atoms with Crippen LogP contribution in [0, 0.1) is 5.41 Å². The van der Waals surface area contributed by atoms with E-state index in [0.29, 0.717) is 0 Å². The van der Waals surface area contributed by atoms with Crippen molar-refractivity contribution < 1.29 is 5.48 Å². The molecule has 0 fully saturated rings. The Morgan fingerprint density at radius 2 is 1.15 bits per heavy atom. The summed E-state index contributed by atoms with van der Waals surface area (Å²) in [7, 11) is 0. The second-order valence-electron chi connectivity index (χ2n) is 6.20. The second kappa shape index (κ2) is 5.26. The molecule has 0 heterocycles. The topological polar surface area (TPSA) is 31.5 Å². The smallest absolute Gasteiger partial charge is 0.0390 e.